The minimum atomic E-state index is -0.307. The van der Waals surface area contributed by atoms with Crippen molar-refractivity contribution in [2.75, 3.05) is 5.32 Å². The summed E-state index contributed by atoms with van der Waals surface area (Å²) in [5.41, 5.74) is 1.66. The third kappa shape index (κ3) is 1.50. The topological polar surface area (TPSA) is 41.1 Å². The van der Waals surface area contributed by atoms with Crippen molar-refractivity contribution in [2.45, 2.75) is 19.4 Å². The maximum absolute atomic E-state index is 11.3. The molecule has 0 atom stereocenters. The number of amides is 2. The summed E-state index contributed by atoms with van der Waals surface area (Å²) < 4.78 is 0.967. The summed E-state index contributed by atoms with van der Waals surface area (Å²) in [7, 11) is 0. The van der Waals surface area contributed by atoms with Crippen LogP contribution in [0.3, 0.4) is 0 Å². The number of urea groups is 1. The average molecular weight is 255 g/mol. The monoisotopic (exact) mass is 254 g/mol. The quantitative estimate of drug-likeness (QED) is 0.735. The van der Waals surface area contributed by atoms with Gasteiger partial charge in [-0.15, -0.1) is 0 Å². The second kappa shape index (κ2) is 2.98. The van der Waals surface area contributed by atoms with Crippen molar-refractivity contribution in [3.63, 3.8) is 0 Å². The summed E-state index contributed by atoms with van der Waals surface area (Å²) in [4.78, 5) is 11.3. The Labute approximate surface area is 91.0 Å². The predicted molar refractivity (Wildman–Crippen MR) is 59.3 cm³/mol. The van der Waals surface area contributed by atoms with Crippen LogP contribution in [0.5, 0.6) is 0 Å². The molecule has 0 radical (unpaired) electrons. The summed E-state index contributed by atoms with van der Waals surface area (Å²) in [6, 6.07) is 5.74. The Morgan fingerprint density at radius 3 is 2.79 bits per heavy atom. The number of nitrogens with one attached hydrogen (secondary N) is 2. The number of halogens is 1. The van der Waals surface area contributed by atoms with Gasteiger partial charge in [-0.1, -0.05) is 22.0 Å². The van der Waals surface area contributed by atoms with Crippen LogP contribution in [0.2, 0.25) is 0 Å². The highest BCUT2D eigenvalue weighted by atomic mass is 79.9. The first kappa shape index (κ1) is 9.52. The summed E-state index contributed by atoms with van der Waals surface area (Å²) in [6.07, 6.45) is 0. The highest BCUT2D eigenvalue weighted by Gasteiger charge is 2.30. The van der Waals surface area contributed by atoms with Crippen molar-refractivity contribution in [3.8, 4) is 0 Å². The van der Waals surface area contributed by atoms with Crippen LogP contribution in [0.25, 0.3) is 0 Å². The van der Waals surface area contributed by atoms with Crippen molar-refractivity contribution in [1.29, 1.82) is 0 Å². The zero-order valence-electron chi connectivity index (χ0n) is 8.02. The Hall–Kier alpha value is -1.03. The Kier molecular flexibility index (Phi) is 2.03. The molecule has 0 unspecified atom stereocenters. The van der Waals surface area contributed by atoms with E-state index >= 15 is 0 Å². The molecule has 3 nitrogen and oxygen atoms in total. The lowest BCUT2D eigenvalue weighted by atomic mass is 9.91. The third-order valence-electron chi connectivity index (χ3n) is 2.33. The molecular weight excluding hydrogens is 244 g/mol. The summed E-state index contributed by atoms with van der Waals surface area (Å²) in [5.74, 6) is 0. The summed E-state index contributed by atoms with van der Waals surface area (Å²) in [6.45, 7) is 3.97. The van der Waals surface area contributed by atoms with Crippen molar-refractivity contribution in [3.05, 3.63) is 28.2 Å². The largest absolute Gasteiger partial charge is 0.329 e. The first-order chi connectivity index (χ1) is 6.49. The van der Waals surface area contributed by atoms with Crippen molar-refractivity contribution < 1.29 is 4.79 Å². The van der Waals surface area contributed by atoms with Gasteiger partial charge in [0.2, 0.25) is 0 Å². The molecule has 1 aliphatic heterocycles. The van der Waals surface area contributed by atoms with E-state index in [0.717, 1.165) is 15.7 Å². The molecule has 0 bridgehead atoms. The van der Waals surface area contributed by atoms with Crippen LogP contribution in [-0.2, 0) is 5.54 Å². The van der Waals surface area contributed by atoms with Gasteiger partial charge in [0, 0.05) is 15.7 Å². The first-order valence-corrected chi connectivity index (χ1v) is 5.17. The van der Waals surface area contributed by atoms with Crippen LogP contribution in [-0.4, -0.2) is 6.03 Å². The Bertz CT molecular complexity index is 401. The zero-order chi connectivity index (χ0) is 10.3. The van der Waals surface area contributed by atoms with E-state index in [-0.39, 0.29) is 11.6 Å². The van der Waals surface area contributed by atoms with Gasteiger partial charge in [0.05, 0.1) is 5.54 Å². The van der Waals surface area contributed by atoms with Gasteiger partial charge in [0.1, 0.15) is 0 Å². The number of rotatable bonds is 0. The number of carbonyl (C=O) groups excluding carboxylic acids is 1. The van der Waals surface area contributed by atoms with Gasteiger partial charge in [-0.05, 0) is 26.0 Å². The molecule has 0 aliphatic carbocycles. The fraction of sp³-hybridized carbons (Fsp3) is 0.300. The average Bonchev–Trinajstić information content (AvgIpc) is 2.00. The predicted octanol–water partition coefficient (Wildman–Crippen LogP) is 2.82. The van der Waals surface area contributed by atoms with Crippen molar-refractivity contribution in [1.82, 2.24) is 5.32 Å². The third-order valence-corrected chi connectivity index (χ3v) is 2.82. The summed E-state index contributed by atoms with van der Waals surface area (Å²) in [5, 5.41) is 5.64. The van der Waals surface area contributed by atoms with Crippen LogP contribution in [0, 0.1) is 0 Å². The van der Waals surface area contributed by atoms with E-state index in [0.29, 0.717) is 0 Å². The van der Waals surface area contributed by atoms with Crippen molar-refractivity contribution >= 4 is 27.6 Å². The van der Waals surface area contributed by atoms with Crippen LogP contribution < -0.4 is 10.6 Å². The molecule has 0 aromatic heterocycles. The van der Waals surface area contributed by atoms with Gasteiger partial charge in [0.15, 0.2) is 0 Å². The second-order valence-electron chi connectivity index (χ2n) is 3.89. The van der Waals surface area contributed by atoms with E-state index in [1.807, 2.05) is 32.0 Å². The van der Waals surface area contributed by atoms with Gasteiger partial charge in [-0.25, -0.2) is 4.79 Å². The fourth-order valence-corrected chi connectivity index (χ4v) is 2.03. The lowest BCUT2D eigenvalue weighted by Gasteiger charge is -2.33. The van der Waals surface area contributed by atoms with E-state index < -0.39 is 0 Å². The van der Waals surface area contributed by atoms with Gasteiger partial charge < -0.3 is 10.6 Å². The van der Waals surface area contributed by atoms with Gasteiger partial charge in [-0.3, -0.25) is 0 Å². The van der Waals surface area contributed by atoms with Crippen molar-refractivity contribution in [2.24, 2.45) is 0 Å². The molecule has 1 aromatic rings. The van der Waals surface area contributed by atoms with E-state index in [2.05, 4.69) is 26.6 Å². The first-order valence-electron chi connectivity index (χ1n) is 4.38. The smallest absolute Gasteiger partial charge is 0.319 e. The number of hydrogen-bond acceptors (Lipinski definition) is 1. The maximum atomic E-state index is 11.3. The number of benzene rings is 1. The number of hydrogen-bond donors (Lipinski definition) is 2. The van der Waals surface area contributed by atoms with Gasteiger partial charge in [0.25, 0.3) is 0 Å². The number of carbonyl (C=O) groups is 1. The summed E-state index contributed by atoms with van der Waals surface area (Å²) >= 11 is 3.38. The number of fused-ring (bicyclic) bond motifs is 1. The lowest BCUT2D eigenvalue weighted by Crippen LogP contribution is -2.47. The van der Waals surface area contributed by atoms with Gasteiger partial charge in [-0.2, -0.15) is 0 Å². The highest BCUT2D eigenvalue weighted by Crippen LogP contribution is 2.33. The molecule has 0 saturated carbocycles. The Morgan fingerprint density at radius 1 is 1.36 bits per heavy atom. The van der Waals surface area contributed by atoms with Crippen LogP contribution in [0.4, 0.5) is 10.5 Å². The minimum Gasteiger partial charge on any atom is -0.329 e. The molecule has 1 heterocycles. The molecule has 4 heteroatoms. The molecule has 0 spiro atoms. The normalized spacial score (nSPS) is 18.1. The molecule has 74 valence electrons. The highest BCUT2D eigenvalue weighted by molar-refractivity contribution is 9.10. The van der Waals surface area contributed by atoms with E-state index in [9.17, 15) is 4.79 Å². The fourth-order valence-electron chi connectivity index (χ4n) is 1.67. The molecule has 0 saturated heterocycles. The maximum Gasteiger partial charge on any atom is 0.319 e. The number of anilines is 1. The van der Waals surface area contributed by atoms with E-state index in [1.54, 1.807) is 0 Å². The minimum absolute atomic E-state index is 0.152. The van der Waals surface area contributed by atoms with E-state index in [1.165, 1.54) is 0 Å². The Balaban J connectivity index is 2.57. The molecule has 1 aromatic carbocycles. The molecule has 2 N–H and O–H groups in total. The molecule has 2 rings (SSSR count). The molecule has 0 fully saturated rings. The van der Waals surface area contributed by atoms with Crippen LogP contribution in [0.15, 0.2) is 22.7 Å². The second-order valence-corrected chi connectivity index (χ2v) is 4.81. The molecule has 1 aliphatic rings. The van der Waals surface area contributed by atoms with Crippen LogP contribution in [0.1, 0.15) is 19.4 Å². The SMILES string of the molecule is CC1(C)NC(=O)Nc2cc(Br)ccc21. The molecule has 2 amide bonds. The lowest BCUT2D eigenvalue weighted by molar-refractivity contribution is 0.239. The molecule has 14 heavy (non-hydrogen) atoms. The van der Waals surface area contributed by atoms with Gasteiger partial charge >= 0.3 is 6.03 Å². The van der Waals surface area contributed by atoms with Crippen LogP contribution >= 0.6 is 15.9 Å². The zero-order valence-corrected chi connectivity index (χ0v) is 9.60. The molecular formula is C10H11BrN2O. The standard InChI is InChI=1S/C10H11BrN2O/c1-10(2)7-4-3-6(11)5-8(7)12-9(14)13-10/h3-5H,1-2H3,(H2,12,13,14). The Morgan fingerprint density at radius 2 is 2.07 bits per heavy atom. The van der Waals surface area contributed by atoms with E-state index in [4.69, 9.17) is 0 Å².